The molecule has 4 heteroatoms. The maximum atomic E-state index is 13.2. The van der Waals surface area contributed by atoms with E-state index in [4.69, 9.17) is 17.3 Å². The van der Waals surface area contributed by atoms with Gasteiger partial charge in [0.15, 0.2) is 0 Å². The van der Waals surface area contributed by atoms with Gasteiger partial charge in [-0.2, -0.15) is 0 Å². The average molecular weight is 310 g/mol. The number of halogens is 2. The molecular formula is C16H17ClFNS. The lowest BCUT2D eigenvalue weighted by Gasteiger charge is -2.12. The fourth-order valence-electron chi connectivity index (χ4n) is 1.88. The topological polar surface area (TPSA) is 26.0 Å². The summed E-state index contributed by atoms with van der Waals surface area (Å²) in [5.41, 5.74) is 8.11. The van der Waals surface area contributed by atoms with Crippen molar-refractivity contribution in [2.24, 2.45) is 5.73 Å². The largest absolute Gasteiger partial charge is 0.327 e. The Morgan fingerprint density at radius 1 is 1.20 bits per heavy atom. The van der Waals surface area contributed by atoms with E-state index in [1.165, 1.54) is 22.6 Å². The van der Waals surface area contributed by atoms with Crippen molar-refractivity contribution in [3.8, 4) is 0 Å². The van der Waals surface area contributed by atoms with Gasteiger partial charge in [0, 0.05) is 21.7 Å². The highest BCUT2D eigenvalue weighted by Crippen LogP contribution is 2.22. The summed E-state index contributed by atoms with van der Waals surface area (Å²) in [4.78, 5) is 1.19. The number of hydrogen-bond donors (Lipinski definition) is 1. The molecule has 0 radical (unpaired) electrons. The quantitative estimate of drug-likeness (QED) is 0.826. The third-order valence-electron chi connectivity index (χ3n) is 2.97. The van der Waals surface area contributed by atoms with Gasteiger partial charge in [0.25, 0.3) is 0 Å². The molecule has 2 aromatic carbocycles. The van der Waals surface area contributed by atoms with Crippen LogP contribution in [0.25, 0.3) is 0 Å². The molecule has 0 aromatic heterocycles. The molecule has 1 unspecified atom stereocenters. The van der Waals surface area contributed by atoms with Crippen LogP contribution in [0, 0.1) is 12.7 Å². The van der Waals surface area contributed by atoms with Crippen molar-refractivity contribution in [1.29, 1.82) is 0 Å². The lowest BCUT2D eigenvalue weighted by Crippen LogP contribution is -2.25. The lowest BCUT2D eigenvalue weighted by molar-refractivity contribution is 0.623. The van der Waals surface area contributed by atoms with Crippen LogP contribution in [0.4, 0.5) is 4.39 Å². The number of rotatable bonds is 5. The Balaban J connectivity index is 1.90. The molecule has 0 spiro atoms. The smallest absolute Gasteiger partial charge is 0.123 e. The standard InChI is InChI=1S/C16H17ClFNS/c1-11-2-5-15(6-3-11)20-10-14(19)9-12-8-13(18)4-7-16(12)17/h2-8,14H,9-10,19H2,1H3. The minimum absolute atomic E-state index is 0.0550. The SMILES string of the molecule is Cc1ccc(SCC(N)Cc2cc(F)ccc2Cl)cc1. The van der Waals surface area contributed by atoms with E-state index >= 15 is 0 Å². The molecule has 106 valence electrons. The molecule has 20 heavy (non-hydrogen) atoms. The van der Waals surface area contributed by atoms with Crippen molar-refractivity contribution in [1.82, 2.24) is 0 Å². The minimum atomic E-state index is -0.275. The van der Waals surface area contributed by atoms with Gasteiger partial charge in [-0.05, 0) is 49.2 Å². The van der Waals surface area contributed by atoms with E-state index in [2.05, 4.69) is 31.2 Å². The van der Waals surface area contributed by atoms with E-state index in [0.29, 0.717) is 11.4 Å². The molecule has 0 aliphatic carbocycles. The van der Waals surface area contributed by atoms with Crippen LogP contribution in [0.2, 0.25) is 5.02 Å². The summed E-state index contributed by atoms with van der Waals surface area (Å²) in [6, 6.07) is 12.7. The Morgan fingerprint density at radius 2 is 1.90 bits per heavy atom. The molecule has 0 aliphatic rings. The zero-order chi connectivity index (χ0) is 14.5. The third kappa shape index (κ3) is 4.51. The van der Waals surface area contributed by atoms with Crippen LogP contribution in [-0.2, 0) is 6.42 Å². The first-order valence-electron chi connectivity index (χ1n) is 6.43. The second-order valence-corrected chi connectivity index (χ2v) is 6.32. The predicted octanol–water partition coefficient (Wildman–Crippen LogP) is 4.45. The van der Waals surface area contributed by atoms with Crippen molar-refractivity contribution < 1.29 is 4.39 Å². The van der Waals surface area contributed by atoms with Crippen LogP contribution < -0.4 is 5.73 Å². The number of benzene rings is 2. The fraction of sp³-hybridized carbons (Fsp3) is 0.250. The second kappa shape index (κ2) is 7.11. The average Bonchev–Trinajstić information content (AvgIpc) is 2.42. The summed E-state index contributed by atoms with van der Waals surface area (Å²) >= 11 is 7.75. The summed E-state index contributed by atoms with van der Waals surface area (Å²) < 4.78 is 13.2. The Kier molecular flexibility index (Phi) is 5.46. The highest BCUT2D eigenvalue weighted by Gasteiger charge is 2.09. The first kappa shape index (κ1) is 15.4. The molecule has 2 N–H and O–H groups in total. The summed E-state index contributed by atoms with van der Waals surface area (Å²) in [6.07, 6.45) is 0.579. The van der Waals surface area contributed by atoms with Gasteiger partial charge < -0.3 is 5.73 Å². The van der Waals surface area contributed by atoms with Gasteiger partial charge in [0.05, 0.1) is 0 Å². The van der Waals surface area contributed by atoms with Crippen molar-refractivity contribution in [2.45, 2.75) is 24.3 Å². The van der Waals surface area contributed by atoms with E-state index in [-0.39, 0.29) is 11.9 Å². The van der Waals surface area contributed by atoms with Crippen molar-refractivity contribution >= 4 is 23.4 Å². The summed E-state index contributed by atoms with van der Waals surface area (Å²) in [5, 5.41) is 0.571. The second-order valence-electron chi connectivity index (χ2n) is 4.82. The number of thioether (sulfide) groups is 1. The first-order valence-corrected chi connectivity index (χ1v) is 7.80. The van der Waals surface area contributed by atoms with E-state index in [0.717, 1.165) is 11.3 Å². The van der Waals surface area contributed by atoms with E-state index in [9.17, 15) is 4.39 Å². The van der Waals surface area contributed by atoms with E-state index < -0.39 is 0 Å². The Morgan fingerprint density at radius 3 is 2.60 bits per heavy atom. The molecule has 1 atom stereocenters. The summed E-state index contributed by atoms with van der Waals surface area (Å²) in [5.74, 6) is 0.499. The molecular weight excluding hydrogens is 293 g/mol. The van der Waals surface area contributed by atoms with E-state index in [1.807, 2.05) is 0 Å². The number of hydrogen-bond acceptors (Lipinski definition) is 2. The van der Waals surface area contributed by atoms with Gasteiger partial charge >= 0.3 is 0 Å². The zero-order valence-electron chi connectivity index (χ0n) is 11.3. The Hall–Kier alpha value is -1.03. The molecule has 0 heterocycles. The van der Waals surface area contributed by atoms with Crippen molar-refractivity contribution in [3.05, 3.63) is 64.4 Å². The molecule has 0 saturated heterocycles. The monoisotopic (exact) mass is 309 g/mol. The third-order valence-corrected chi connectivity index (χ3v) is 4.54. The number of aryl methyl sites for hydroxylation is 1. The molecule has 0 aliphatic heterocycles. The summed E-state index contributed by atoms with van der Waals surface area (Å²) in [6.45, 7) is 2.06. The highest BCUT2D eigenvalue weighted by atomic mass is 35.5. The normalized spacial score (nSPS) is 12.4. The van der Waals surface area contributed by atoms with Crippen LogP contribution in [0.15, 0.2) is 47.4 Å². The van der Waals surface area contributed by atoms with Gasteiger partial charge in [-0.25, -0.2) is 4.39 Å². The van der Waals surface area contributed by atoms with Gasteiger partial charge in [-0.15, -0.1) is 11.8 Å². The molecule has 0 bridgehead atoms. The van der Waals surface area contributed by atoms with Crippen LogP contribution in [0.1, 0.15) is 11.1 Å². The molecule has 0 fully saturated rings. The van der Waals surface area contributed by atoms with Gasteiger partial charge in [0.2, 0.25) is 0 Å². The van der Waals surface area contributed by atoms with Crippen LogP contribution in [-0.4, -0.2) is 11.8 Å². The van der Waals surface area contributed by atoms with Crippen LogP contribution in [0.5, 0.6) is 0 Å². The Bertz CT molecular complexity index is 571. The van der Waals surface area contributed by atoms with E-state index in [1.54, 1.807) is 17.8 Å². The number of nitrogens with two attached hydrogens (primary N) is 1. The lowest BCUT2D eigenvalue weighted by atomic mass is 10.1. The molecule has 2 aromatic rings. The Labute approximate surface area is 128 Å². The van der Waals surface area contributed by atoms with Crippen molar-refractivity contribution in [2.75, 3.05) is 5.75 Å². The maximum Gasteiger partial charge on any atom is 0.123 e. The fourth-order valence-corrected chi connectivity index (χ4v) is 2.93. The maximum absolute atomic E-state index is 13.2. The highest BCUT2D eigenvalue weighted by molar-refractivity contribution is 7.99. The zero-order valence-corrected chi connectivity index (χ0v) is 12.8. The van der Waals surface area contributed by atoms with Crippen molar-refractivity contribution in [3.63, 3.8) is 0 Å². The van der Waals surface area contributed by atoms with Crippen LogP contribution >= 0.6 is 23.4 Å². The predicted molar refractivity (Wildman–Crippen MR) is 85.0 cm³/mol. The van der Waals surface area contributed by atoms with Crippen LogP contribution in [0.3, 0.4) is 0 Å². The molecule has 1 nitrogen and oxygen atoms in total. The minimum Gasteiger partial charge on any atom is -0.327 e. The van der Waals surface area contributed by atoms with Gasteiger partial charge in [-0.3, -0.25) is 0 Å². The van der Waals surface area contributed by atoms with Gasteiger partial charge in [-0.1, -0.05) is 29.3 Å². The van der Waals surface area contributed by atoms with Gasteiger partial charge in [0.1, 0.15) is 5.82 Å². The molecule has 0 amide bonds. The first-order chi connectivity index (χ1) is 9.54. The molecule has 0 saturated carbocycles. The molecule has 2 rings (SSSR count). The summed E-state index contributed by atoms with van der Waals surface area (Å²) in [7, 11) is 0.